The van der Waals surface area contributed by atoms with Crippen LogP contribution < -0.4 is 10.6 Å². The minimum absolute atomic E-state index is 0.401. The largest absolute Gasteiger partial charge is 0.355 e. The summed E-state index contributed by atoms with van der Waals surface area (Å²) in [4.78, 5) is 11.3. The van der Waals surface area contributed by atoms with Gasteiger partial charge in [-0.2, -0.15) is 0 Å². The summed E-state index contributed by atoms with van der Waals surface area (Å²) < 4.78 is 0. The van der Waals surface area contributed by atoms with Crippen LogP contribution in [0.2, 0.25) is 0 Å². The quantitative estimate of drug-likeness (QED) is 0.861. The van der Waals surface area contributed by atoms with Crippen LogP contribution in [-0.2, 0) is 0 Å². The summed E-state index contributed by atoms with van der Waals surface area (Å²) in [5.74, 6) is 2.63. The molecule has 2 fully saturated rings. The molecular weight excluding hydrogens is 248 g/mol. The van der Waals surface area contributed by atoms with Gasteiger partial charge >= 0.3 is 0 Å². The van der Waals surface area contributed by atoms with E-state index >= 15 is 0 Å². The van der Waals surface area contributed by atoms with Crippen molar-refractivity contribution in [2.75, 3.05) is 18.0 Å². The second kappa shape index (κ2) is 4.70. The topological polar surface area (TPSA) is 55.0 Å². The number of aromatic nitrogens is 2. The molecule has 0 radical (unpaired) electrons. The Balaban J connectivity index is 1.67. The Bertz CT molecular complexity index is 621. The van der Waals surface area contributed by atoms with Gasteiger partial charge in [0.2, 0.25) is 0 Å². The molecule has 1 aromatic heterocycles. The molecule has 3 atom stereocenters. The van der Waals surface area contributed by atoms with Gasteiger partial charge < -0.3 is 10.6 Å². The van der Waals surface area contributed by atoms with Crippen LogP contribution in [0.15, 0.2) is 30.6 Å². The summed E-state index contributed by atoms with van der Waals surface area (Å²) in [5, 5.41) is 1.16. The average molecular weight is 268 g/mol. The molecule has 2 heterocycles. The first-order valence-electron chi connectivity index (χ1n) is 7.51. The summed E-state index contributed by atoms with van der Waals surface area (Å²) in [5.41, 5.74) is 7.15. The predicted octanol–water partition coefficient (Wildman–Crippen LogP) is 2.19. The third-order valence-corrected chi connectivity index (χ3v) is 4.91. The Labute approximate surface area is 119 Å². The van der Waals surface area contributed by atoms with Crippen molar-refractivity contribution in [2.45, 2.75) is 25.3 Å². The Kier molecular flexibility index (Phi) is 2.84. The zero-order chi connectivity index (χ0) is 13.5. The third-order valence-electron chi connectivity index (χ3n) is 4.91. The monoisotopic (exact) mass is 268 g/mol. The van der Waals surface area contributed by atoms with E-state index in [2.05, 4.69) is 33.1 Å². The maximum Gasteiger partial charge on any atom is 0.139 e. The fraction of sp³-hybridized carbons (Fsp3) is 0.500. The van der Waals surface area contributed by atoms with E-state index in [0.29, 0.717) is 6.04 Å². The molecule has 1 aliphatic heterocycles. The molecule has 2 aliphatic rings. The predicted molar refractivity (Wildman–Crippen MR) is 80.6 cm³/mol. The minimum Gasteiger partial charge on any atom is -0.355 e. The van der Waals surface area contributed by atoms with Gasteiger partial charge in [-0.25, -0.2) is 9.97 Å². The second-order valence-electron chi connectivity index (χ2n) is 6.21. The molecule has 1 aromatic carbocycles. The van der Waals surface area contributed by atoms with Gasteiger partial charge in [0.25, 0.3) is 0 Å². The number of nitrogens with zero attached hydrogens (tertiary/aromatic N) is 3. The van der Waals surface area contributed by atoms with E-state index in [1.807, 2.05) is 6.07 Å². The Morgan fingerprint density at radius 1 is 1.05 bits per heavy atom. The Morgan fingerprint density at radius 2 is 1.90 bits per heavy atom. The third kappa shape index (κ3) is 1.95. The molecule has 4 nitrogen and oxygen atoms in total. The molecule has 2 aromatic rings. The van der Waals surface area contributed by atoms with Gasteiger partial charge in [0.15, 0.2) is 0 Å². The average Bonchev–Trinajstić information content (AvgIpc) is 2.89. The normalized spacial score (nSPS) is 29.6. The smallest absolute Gasteiger partial charge is 0.139 e. The first-order valence-corrected chi connectivity index (χ1v) is 7.51. The molecule has 4 rings (SSSR count). The molecule has 0 spiro atoms. The number of fused-ring (bicyclic) bond motifs is 2. The van der Waals surface area contributed by atoms with Crippen molar-refractivity contribution in [1.29, 1.82) is 0 Å². The van der Waals surface area contributed by atoms with Crippen LogP contribution in [-0.4, -0.2) is 29.1 Å². The summed E-state index contributed by atoms with van der Waals surface area (Å²) in [6.45, 7) is 2.22. The van der Waals surface area contributed by atoms with Crippen molar-refractivity contribution in [3.63, 3.8) is 0 Å². The van der Waals surface area contributed by atoms with E-state index in [9.17, 15) is 0 Å². The Morgan fingerprint density at radius 3 is 2.85 bits per heavy atom. The number of rotatable bonds is 1. The van der Waals surface area contributed by atoms with Crippen molar-refractivity contribution in [3.05, 3.63) is 30.6 Å². The lowest BCUT2D eigenvalue weighted by atomic mass is 9.79. The van der Waals surface area contributed by atoms with Crippen LogP contribution in [0.5, 0.6) is 0 Å². The first-order chi connectivity index (χ1) is 9.81. The maximum absolute atomic E-state index is 6.12. The number of hydrogen-bond donors (Lipinski definition) is 1. The molecule has 1 saturated carbocycles. The van der Waals surface area contributed by atoms with Crippen LogP contribution in [0, 0.1) is 11.8 Å². The molecule has 0 amide bonds. The van der Waals surface area contributed by atoms with Crippen LogP contribution in [0.25, 0.3) is 10.9 Å². The highest BCUT2D eigenvalue weighted by atomic mass is 15.2. The molecule has 4 heteroatoms. The molecule has 1 unspecified atom stereocenters. The summed E-state index contributed by atoms with van der Waals surface area (Å²) >= 11 is 0. The molecule has 2 N–H and O–H groups in total. The summed E-state index contributed by atoms with van der Waals surface area (Å²) in [6.07, 6.45) is 5.31. The van der Waals surface area contributed by atoms with Crippen LogP contribution in [0.3, 0.4) is 0 Å². The fourth-order valence-corrected chi connectivity index (χ4v) is 3.88. The van der Waals surface area contributed by atoms with Crippen molar-refractivity contribution >= 4 is 16.7 Å². The lowest BCUT2D eigenvalue weighted by molar-refractivity contribution is 0.271. The zero-order valence-corrected chi connectivity index (χ0v) is 11.6. The van der Waals surface area contributed by atoms with Gasteiger partial charge in [0.05, 0.1) is 5.52 Å². The van der Waals surface area contributed by atoms with E-state index in [4.69, 9.17) is 5.73 Å². The number of para-hydroxylation sites is 1. The number of nitrogens with two attached hydrogens (primary N) is 1. The Hall–Kier alpha value is -1.68. The fourth-order valence-electron chi connectivity index (χ4n) is 3.88. The molecular formula is C16H20N4. The van der Waals surface area contributed by atoms with Gasteiger partial charge in [-0.3, -0.25) is 0 Å². The minimum atomic E-state index is 0.401. The van der Waals surface area contributed by atoms with Crippen LogP contribution >= 0.6 is 0 Å². The number of benzene rings is 1. The van der Waals surface area contributed by atoms with Crippen LogP contribution in [0.4, 0.5) is 5.82 Å². The van der Waals surface area contributed by atoms with Crippen molar-refractivity contribution < 1.29 is 0 Å². The lowest BCUT2D eigenvalue weighted by Crippen LogP contribution is -2.32. The van der Waals surface area contributed by atoms with Gasteiger partial charge in [-0.05, 0) is 43.2 Å². The van der Waals surface area contributed by atoms with E-state index in [-0.39, 0.29) is 0 Å². The molecule has 1 aliphatic carbocycles. The van der Waals surface area contributed by atoms with E-state index < -0.39 is 0 Å². The van der Waals surface area contributed by atoms with Crippen molar-refractivity contribution in [2.24, 2.45) is 17.6 Å². The van der Waals surface area contributed by atoms with E-state index in [1.165, 1.54) is 19.3 Å². The highest BCUT2D eigenvalue weighted by Crippen LogP contribution is 2.38. The zero-order valence-electron chi connectivity index (χ0n) is 11.6. The standard InChI is InChI=1S/C16H20N4/c17-13-6-5-11-8-20(9-12(11)7-13)16-14-3-1-2-4-15(14)18-10-19-16/h1-4,10-13H,5-9,17H2/t11-,12+,13?/m1/s1. The van der Waals surface area contributed by atoms with E-state index in [0.717, 1.165) is 41.6 Å². The maximum atomic E-state index is 6.12. The highest BCUT2D eigenvalue weighted by Gasteiger charge is 2.37. The SMILES string of the molecule is NC1CC[C@@H]2CN(c3ncnc4ccccc34)C[C@@H]2C1. The summed E-state index contributed by atoms with van der Waals surface area (Å²) in [7, 11) is 0. The van der Waals surface area contributed by atoms with Crippen molar-refractivity contribution in [3.8, 4) is 0 Å². The number of anilines is 1. The molecule has 0 bridgehead atoms. The van der Waals surface area contributed by atoms with Gasteiger partial charge in [-0.15, -0.1) is 0 Å². The second-order valence-corrected chi connectivity index (χ2v) is 6.21. The molecule has 20 heavy (non-hydrogen) atoms. The molecule has 104 valence electrons. The van der Waals surface area contributed by atoms with Crippen LogP contribution in [0.1, 0.15) is 19.3 Å². The number of hydrogen-bond acceptors (Lipinski definition) is 4. The summed E-state index contributed by atoms with van der Waals surface area (Å²) in [6, 6.07) is 8.67. The molecule has 1 saturated heterocycles. The van der Waals surface area contributed by atoms with Gasteiger partial charge in [-0.1, -0.05) is 12.1 Å². The van der Waals surface area contributed by atoms with Gasteiger partial charge in [0.1, 0.15) is 12.1 Å². The highest BCUT2D eigenvalue weighted by molar-refractivity contribution is 5.89. The first kappa shape index (κ1) is 12.1. The van der Waals surface area contributed by atoms with Gasteiger partial charge in [0, 0.05) is 24.5 Å². The van der Waals surface area contributed by atoms with E-state index in [1.54, 1.807) is 6.33 Å². The van der Waals surface area contributed by atoms with Crippen molar-refractivity contribution in [1.82, 2.24) is 9.97 Å². The lowest BCUT2D eigenvalue weighted by Gasteiger charge is -2.27.